The van der Waals surface area contributed by atoms with E-state index >= 15 is 0 Å². The highest BCUT2D eigenvalue weighted by molar-refractivity contribution is 5.88. The molecule has 6 heteroatoms. The summed E-state index contributed by atoms with van der Waals surface area (Å²) in [4.78, 5) is 8.01. The summed E-state index contributed by atoms with van der Waals surface area (Å²) in [6, 6.07) is 7.44. The lowest BCUT2D eigenvalue weighted by molar-refractivity contribution is -0.481. The van der Waals surface area contributed by atoms with Gasteiger partial charge in [-0.1, -0.05) is 12.1 Å². The largest absolute Gasteiger partial charge is 0.592 e. The van der Waals surface area contributed by atoms with E-state index in [0.717, 1.165) is 10.9 Å². The molecule has 1 N–H and O–H groups in total. The van der Waals surface area contributed by atoms with Crippen molar-refractivity contribution in [3.63, 3.8) is 0 Å². The van der Waals surface area contributed by atoms with Gasteiger partial charge in [-0.05, 0) is 17.0 Å². The van der Waals surface area contributed by atoms with Crippen molar-refractivity contribution in [2.45, 2.75) is 0 Å². The predicted molar refractivity (Wildman–Crippen MR) is 57.0 cm³/mol. The van der Waals surface area contributed by atoms with Gasteiger partial charge in [-0.25, -0.2) is 0 Å². The number of ether oxygens (including phenoxy) is 1. The number of methoxy groups -OCH3 is 1. The zero-order valence-corrected chi connectivity index (χ0v) is 8.71. The molecule has 0 radical (unpaired) electrons. The standard InChI is InChI=1S/C10H11N3O3/c1-15-7-16-12-13(14)10-6-11-9-5-3-2-4-8(9)10/h2-6,11H,7H2,1H3. The van der Waals surface area contributed by atoms with Crippen molar-refractivity contribution in [2.75, 3.05) is 13.9 Å². The Balaban J connectivity index is 2.29. The molecule has 84 valence electrons. The Morgan fingerprint density at radius 2 is 2.25 bits per heavy atom. The van der Waals surface area contributed by atoms with Gasteiger partial charge >= 0.3 is 0 Å². The third-order valence-corrected chi connectivity index (χ3v) is 2.08. The molecule has 0 aliphatic rings. The fraction of sp³-hybridized carbons (Fsp3) is 0.200. The van der Waals surface area contributed by atoms with Gasteiger partial charge in [0.1, 0.15) is 0 Å². The van der Waals surface area contributed by atoms with Crippen LogP contribution in [0.3, 0.4) is 0 Å². The Kier molecular flexibility index (Phi) is 3.02. The number of nitrogens with one attached hydrogen (secondary N) is 1. The Hall–Kier alpha value is -2.08. The van der Waals surface area contributed by atoms with Crippen LogP contribution in [0.15, 0.2) is 35.7 Å². The summed E-state index contributed by atoms with van der Waals surface area (Å²) in [7, 11) is 1.45. The Morgan fingerprint density at radius 1 is 1.44 bits per heavy atom. The molecule has 0 aliphatic heterocycles. The molecule has 6 nitrogen and oxygen atoms in total. The second-order valence-corrected chi connectivity index (χ2v) is 3.11. The van der Waals surface area contributed by atoms with Gasteiger partial charge in [0.05, 0.1) is 17.1 Å². The van der Waals surface area contributed by atoms with Gasteiger partial charge in [0.25, 0.3) is 5.69 Å². The molecule has 1 aromatic carbocycles. The number of fused-ring (bicyclic) bond motifs is 1. The lowest BCUT2D eigenvalue weighted by atomic mass is 10.2. The summed E-state index contributed by atoms with van der Waals surface area (Å²) in [5, 5.41) is 15.7. The molecule has 0 amide bonds. The first-order chi connectivity index (χ1) is 7.83. The minimum atomic E-state index is -0.0545. The maximum atomic E-state index is 11.5. The van der Waals surface area contributed by atoms with Crippen molar-refractivity contribution in [1.29, 1.82) is 0 Å². The topological polar surface area (TPSA) is 72.7 Å². The number of hydrogen-bond acceptors (Lipinski definition) is 4. The SMILES string of the molecule is COCON=[N+]([O-])c1c[nH]c2ccccc12. The van der Waals surface area contributed by atoms with Crippen LogP contribution >= 0.6 is 0 Å². The maximum Gasteiger partial charge on any atom is 0.273 e. The van der Waals surface area contributed by atoms with Crippen LogP contribution in [0.2, 0.25) is 0 Å². The minimum absolute atomic E-state index is 0.0545. The smallest absolute Gasteiger partial charge is 0.273 e. The number of rotatable bonds is 4. The first-order valence-corrected chi connectivity index (χ1v) is 4.68. The van der Waals surface area contributed by atoms with Gasteiger partial charge in [-0.3, -0.25) is 0 Å². The highest BCUT2D eigenvalue weighted by Crippen LogP contribution is 2.24. The van der Waals surface area contributed by atoms with Gasteiger partial charge < -0.3 is 19.8 Å². The van der Waals surface area contributed by atoms with Crippen LogP contribution in [-0.2, 0) is 9.57 Å². The first kappa shape index (κ1) is 10.4. The Labute approximate surface area is 91.6 Å². The van der Waals surface area contributed by atoms with Crippen molar-refractivity contribution in [2.24, 2.45) is 5.28 Å². The molecule has 0 aliphatic carbocycles. The molecule has 0 fully saturated rings. The lowest BCUT2D eigenvalue weighted by Gasteiger charge is -1.97. The number of H-pyrrole nitrogens is 1. The van der Waals surface area contributed by atoms with Crippen molar-refractivity contribution in [3.8, 4) is 0 Å². The van der Waals surface area contributed by atoms with Crippen LogP contribution in [0.1, 0.15) is 0 Å². The van der Waals surface area contributed by atoms with Crippen LogP contribution in [-0.4, -0.2) is 23.7 Å². The fourth-order valence-corrected chi connectivity index (χ4v) is 1.39. The number of para-hydroxylation sites is 1. The van der Waals surface area contributed by atoms with Crippen molar-refractivity contribution < 1.29 is 14.4 Å². The quantitative estimate of drug-likeness (QED) is 0.283. The molecule has 2 aromatic rings. The van der Waals surface area contributed by atoms with Crippen molar-refractivity contribution >= 4 is 16.6 Å². The van der Waals surface area contributed by atoms with E-state index in [-0.39, 0.29) is 6.79 Å². The van der Waals surface area contributed by atoms with Gasteiger partial charge in [-0.15, -0.1) is 0 Å². The molecule has 1 heterocycles. The third kappa shape index (κ3) is 1.96. The molecule has 0 bridgehead atoms. The molecule has 0 spiro atoms. The number of aromatic amines is 1. The average Bonchev–Trinajstić information content (AvgIpc) is 2.73. The highest BCUT2D eigenvalue weighted by Gasteiger charge is 2.11. The van der Waals surface area contributed by atoms with Crippen LogP contribution in [0.4, 0.5) is 5.69 Å². The third-order valence-electron chi connectivity index (χ3n) is 2.08. The molecule has 16 heavy (non-hydrogen) atoms. The Morgan fingerprint density at radius 3 is 3.06 bits per heavy atom. The molecule has 0 saturated carbocycles. The molecule has 1 aromatic heterocycles. The van der Waals surface area contributed by atoms with Crippen LogP contribution in [0.5, 0.6) is 0 Å². The maximum absolute atomic E-state index is 11.5. The number of aromatic nitrogens is 1. The summed E-state index contributed by atoms with van der Waals surface area (Å²) in [5.74, 6) is 0. The predicted octanol–water partition coefficient (Wildman–Crippen LogP) is 2.30. The van der Waals surface area contributed by atoms with Gasteiger partial charge in [-0.2, -0.15) is 0 Å². The van der Waals surface area contributed by atoms with E-state index in [1.165, 1.54) is 7.11 Å². The number of nitrogens with zero attached hydrogens (tertiary/aromatic N) is 2. The van der Waals surface area contributed by atoms with Gasteiger partial charge in [0.2, 0.25) is 12.1 Å². The van der Waals surface area contributed by atoms with Crippen LogP contribution in [0.25, 0.3) is 10.9 Å². The summed E-state index contributed by atoms with van der Waals surface area (Å²) >= 11 is 0. The van der Waals surface area contributed by atoms with Crippen LogP contribution in [0, 0.1) is 5.21 Å². The molecule has 2 rings (SSSR count). The van der Waals surface area contributed by atoms with E-state index < -0.39 is 0 Å². The summed E-state index contributed by atoms with van der Waals surface area (Å²) in [5.41, 5.74) is 1.28. The Bertz CT molecular complexity index is 507. The molecule has 0 atom stereocenters. The summed E-state index contributed by atoms with van der Waals surface area (Å²) in [6.45, 7) is -0.0545. The van der Waals surface area contributed by atoms with Gasteiger partial charge in [0, 0.05) is 7.11 Å². The second-order valence-electron chi connectivity index (χ2n) is 3.11. The second kappa shape index (κ2) is 4.63. The number of benzene rings is 1. The monoisotopic (exact) mass is 221 g/mol. The summed E-state index contributed by atoms with van der Waals surface area (Å²) in [6.07, 6.45) is 1.58. The van der Waals surface area contributed by atoms with Crippen molar-refractivity contribution in [1.82, 2.24) is 4.98 Å². The first-order valence-electron chi connectivity index (χ1n) is 4.68. The summed E-state index contributed by atoms with van der Waals surface area (Å²) < 4.78 is 4.61. The van der Waals surface area contributed by atoms with E-state index in [9.17, 15) is 5.21 Å². The van der Waals surface area contributed by atoms with Crippen molar-refractivity contribution in [3.05, 3.63) is 35.7 Å². The lowest BCUT2D eigenvalue weighted by Crippen LogP contribution is -1.95. The van der Waals surface area contributed by atoms with E-state index in [0.29, 0.717) is 10.5 Å². The van der Waals surface area contributed by atoms with E-state index in [1.807, 2.05) is 24.3 Å². The average molecular weight is 221 g/mol. The normalized spacial score (nSPS) is 11.9. The molecular formula is C10H11N3O3. The zero-order chi connectivity index (χ0) is 11.4. The van der Waals surface area contributed by atoms with E-state index in [1.54, 1.807) is 6.20 Å². The fourth-order valence-electron chi connectivity index (χ4n) is 1.39. The molecular weight excluding hydrogens is 210 g/mol. The highest BCUT2D eigenvalue weighted by atomic mass is 16.8. The molecule has 0 saturated heterocycles. The van der Waals surface area contributed by atoms with Gasteiger partial charge in [0.15, 0.2) is 0 Å². The zero-order valence-electron chi connectivity index (χ0n) is 8.71. The van der Waals surface area contributed by atoms with E-state index in [2.05, 4.69) is 19.8 Å². The van der Waals surface area contributed by atoms with Crippen LogP contribution < -0.4 is 0 Å². The number of hydrogen-bond donors (Lipinski definition) is 1. The minimum Gasteiger partial charge on any atom is -0.592 e. The molecule has 0 unspecified atom stereocenters. The van der Waals surface area contributed by atoms with E-state index in [4.69, 9.17) is 0 Å².